The Balaban J connectivity index is 2.79. The number of carbonyl (C=O) groups excluding carboxylic acids is 1. The fourth-order valence-corrected chi connectivity index (χ4v) is 2.50. The molecule has 0 saturated heterocycles. The second kappa shape index (κ2) is 4.36. The Hall–Kier alpha value is -0.820. The van der Waals surface area contributed by atoms with E-state index in [0.29, 0.717) is 12.8 Å². The van der Waals surface area contributed by atoms with Crippen LogP contribution in [0.25, 0.3) is 0 Å². The zero-order valence-corrected chi connectivity index (χ0v) is 9.38. The van der Waals surface area contributed by atoms with Crippen LogP contribution >= 0.6 is 0 Å². The maximum absolute atomic E-state index is 11.0. The van der Waals surface area contributed by atoms with E-state index in [9.17, 15) is 13.2 Å². The molecule has 0 aromatic heterocycles. The highest BCUT2D eigenvalue weighted by Gasteiger charge is 2.40. The number of hydrogen-bond acceptors (Lipinski definition) is 5. The summed E-state index contributed by atoms with van der Waals surface area (Å²) in [6.07, 6.45) is 3.11. The van der Waals surface area contributed by atoms with Crippen molar-refractivity contribution in [1.82, 2.24) is 0 Å². The van der Waals surface area contributed by atoms with E-state index in [0.717, 1.165) is 25.5 Å². The summed E-state index contributed by atoms with van der Waals surface area (Å²) in [5, 5.41) is 0. The molecule has 0 aromatic rings. The van der Waals surface area contributed by atoms with Crippen molar-refractivity contribution in [2.45, 2.75) is 37.9 Å². The summed E-state index contributed by atoms with van der Waals surface area (Å²) in [7, 11) is -3.66. The van der Waals surface area contributed by atoms with Crippen molar-refractivity contribution in [3.63, 3.8) is 0 Å². The fraction of sp³-hybridized carbons (Fsp3) is 0.875. The van der Waals surface area contributed by atoms with Crippen LogP contribution in [0.3, 0.4) is 0 Å². The Bertz CT molecular complexity index is 331. The van der Waals surface area contributed by atoms with Crippen molar-refractivity contribution < 1.29 is 22.1 Å². The first-order valence-corrected chi connectivity index (χ1v) is 6.54. The lowest BCUT2D eigenvalue weighted by atomic mass is 9.94. The molecular formula is C8H15NO5S. The van der Waals surface area contributed by atoms with Gasteiger partial charge in [-0.25, -0.2) is 8.98 Å². The summed E-state index contributed by atoms with van der Waals surface area (Å²) >= 11 is 0. The van der Waals surface area contributed by atoms with Crippen LogP contribution in [0.4, 0.5) is 4.79 Å². The predicted octanol–water partition coefficient (Wildman–Crippen LogP) is 0.718. The van der Waals surface area contributed by atoms with Crippen LogP contribution in [0.1, 0.15) is 32.1 Å². The van der Waals surface area contributed by atoms with Gasteiger partial charge in [0.15, 0.2) is 0 Å². The lowest BCUT2D eigenvalue weighted by Gasteiger charge is -2.34. The van der Waals surface area contributed by atoms with Gasteiger partial charge in [-0.05, 0) is 12.8 Å². The van der Waals surface area contributed by atoms with Gasteiger partial charge < -0.3 is 10.5 Å². The zero-order valence-electron chi connectivity index (χ0n) is 8.56. The van der Waals surface area contributed by atoms with E-state index in [-0.39, 0.29) is 0 Å². The quantitative estimate of drug-likeness (QED) is 0.576. The minimum Gasteiger partial charge on any atom is -0.416 e. The molecule has 7 heteroatoms. The van der Waals surface area contributed by atoms with Gasteiger partial charge in [-0.2, -0.15) is 8.42 Å². The molecule has 1 amide bonds. The number of hydrogen-bond donors (Lipinski definition) is 1. The molecule has 1 rings (SSSR count). The Morgan fingerprint density at radius 1 is 1.27 bits per heavy atom. The van der Waals surface area contributed by atoms with Crippen LogP contribution in [-0.2, 0) is 19.0 Å². The highest BCUT2D eigenvalue weighted by molar-refractivity contribution is 7.86. The molecule has 0 aromatic carbocycles. The number of amides is 1. The van der Waals surface area contributed by atoms with Crippen molar-refractivity contribution >= 4 is 16.2 Å². The largest absolute Gasteiger partial charge is 0.416 e. The number of rotatable bonds is 3. The van der Waals surface area contributed by atoms with E-state index in [4.69, 9.17) is 14.7 Å². The normalized spacial score (nSPS) is 20.9. The third kappa shape index (κ3) is 4.05. The zero-order chi connectivity index (χ0) is 11.5. The molecule has 0 bridgehead atoms. The Kier molecular flexibility index (Phi) is 3.56. The first-order valence-electron chi connectivity index (χ1n) is 4.72. The Morgan fingerprint density at radius 3 is 2.20 bits per heavy atom. The van der Waals surface area contributed by atoms with Crippen LogP contribution in [0.2, 0.25) is 0 Å². The van der Waals surface area contributed by atoms with Gasteiger partial charge in [0.25, 0.3) is 10.1 Å². The van der Waals surface area contributed by atoms with E-state index in [1.165, 1.54) is 0 Å². The standard InChI is InChI=1S/C8H15NO5S/c1-15(11,12)14-8(13-7(9)10)5-3-2-4-6-8/h2-6H2,1H3,(H2,9,10). The molecule has 1 saturated carbocycles. The fourth-order valence-electron chi connectivity index (χ4n) is 1.75. The van der Waals surface area contributed by atoms with E-state index in [1.807, 2.05) is 0 Å². The lowest BCUT2D eigenvalue weighted by molar-refractivity contribution is -0.154. The average molecular weight is 237 g/mol. The minimum atomic E-state index is -3.66. The van der Waals surface area contributed by atoms with Gasteiger partial charge in [-0.3, -0.25) is 0 Å². The van der Waals surface area contributed by atoms with Gasteiger partial charge in [0.2, 0.25) is 5.79 Å². The average Bonchev–Trinajstić information content (AvgIpc) is 1.99. The number of nitrogens with two attached hydrogens (primary N) is 1. The van der Waals surface area contributed by atoms with Crippen molar-refractivity contribution in [2.75, 3.05) is 6.26 Å². The van der Waals surface area contributed by atoms with Gasteiger partial charge in [0.05, 0.1) is 6.26 Å². The molecule has 0 heterocycles. The van der Waals surface area contributed by atoms with Crippen LogP contribution in [0.15, 0.2) is 0 Å². The third-order valence-electron chi connectivity index (χ3n) is 2.21. The Morgan fingerprint density at radius 2 is 1.80 bits per heavy atom. The van der Waals surface area contributed by atoms with Gasteiger partial charge >= 0.3 is 6.09 Å². The van der Waals surface area contributed by atoms with Gasteiger partial charge in [0, 0.05) is 12.8 Å². The molecule has 0 radical (unpaired) electrons. The molecular weight excluding hydrogens is 222 g/mol. The highest BCUT2D eigenvalue weighted by atomic mass is 32.2. The molecule has 1 aliphatic carbocycles. The second-order valence-corrected chi connectivity index (χ2v) is 5.25. The van der Waals surface area contributed by atoms with Crippen LogP contribution < -0.4 is 5.73 Å². The topological polar surface area (TPSA) is 95.7 Å². The summed E-state index contributed by atoms with van der Waals surface area (Å²) in [6.45, 7) is 0. The van der Waals surface area contributed by atoms with Crippen LogP contribution in [0.5, 0.6) is 0 Å². The highest BCUT2D eigenvalue weighted by Crippen LogP contribution is 2.33. The molecule has 88 valence electrons. The number of ether oxygens (including phenoxy) is 1. The Labute approximate surface area is 88.9 Å². The molecule has 6 nitrogen and oxygen atoms in total. The van der Waals surface area contributed by atoms with E-state index in [1.54, 1.807) is 0 Å². The molecule has 1 aliphatic rings. The van der Waals surface area contributed by atoms with Crippen molar-refractivity contribution in [2.24, 2.45) is 5.73 Å². The SMILES string of the molecule is CS(=O)(=O)OC1(OC(N)=O)CCCCC1. The molecule has 1 fully saturated rings. The third-order valence-corrected chi connectivity index (χ3v) is 2.81. The van der Waals surface area contributed by atoms with Gasteiger partial charge in [0.1, 0.15) is 0 Å². The van der Waals surface area contributed by atoms with Crippen molar-refractivity contribution in [3.05, 3.63) is 0 Å². The smallest absolute Gasteiger partial charge is 0.407 e. The molecule has 0 spiro atoms. The second-order valence-electron chi connectivity index (χ2n) is 3.68. The predicted molar refractivity (Wildman–Crippen MR) is 52.4 cm³/mol. The first kappa shape index (κ1) is 12.3. The maximum Gasteiger partial charge on any atom is 0.407 e. The lowest BCUT2D eigenvalue weighted by Crippen LogP contribution is -2.43. The molecule has 0 aliphatic heterocycles. The van der Waals surface area contributed by atoms with Crippen LogP contribution in [-0.4, -0.2) is 26.6 Å². The number of carbonyl (C=O) groups is 1. The van der Waals surface area contributed by atoms with E-state index < -0.39 is 22.0 Å². The molecule has 2 N–H and O–H groups in total. The van der Waals surface area contributed by atoms with Crippen molar-refractivity contribution in [1.29, 1.82) is 0 Å². The number of primary amides is 1. The van der Waals surface area contributed by atoms with Gasteiger partial charge in [-0.15, -0.1) is 0 Å². The summed E-state index contributed by atoms with van der Waals surface area (Å²) in [5.41, 5.74) is 4.89. The molecule has 0 unspecified atom stereocenters. The molecule has 0 atom stereocenters. The van der Waals surface area contributed by atoms with Gasteiger partial charge in [-0.1, -0.05) is 6.42 Å². The summed E-state index contributed by atoms with van der Waals surface area (Å²) in [6, 6.07) is 0. The van der Waals surface area contributed by atoms with Crippen molar-refractivity contribution in [3.8, 4) is 0 Å². The minimum absolute atomic E-state index is 0.364. The monoisotopic (exact) mass is 237 g/mol. The summed E-state index contributed by atoms with van der Waals surface area (Å²) in [5.74, 6) is -1.38. The summed E-state index contributed by atoms with van der Waals surface area (Å²) < 4.78 is 31.7. The summed E-state index contributed by atoms with van der Waals surface area (Å²) in [4.78, 5) is 10.7. The molecule has 15 heavy (non-hydrogen) atoms. The maximum atomic E-state index is 11.0. The first-order chi connectivity index (χ1) is 6.83. The van der Waals surface area contributed by atoms with E-state index in [2.05, 4.69) is 0 Å². The van der Waals surface area contributed by atoms with Crippen LogP contribution in [0, 0.1) is 0 Å². The van der Waals surface area contributed by atoms with E-state index >= 15 is 0 Å².